The lowest BCUT2D eigenvalue weighted by molar-refractivity contribution is 0.864. The molecule has 0 fully saturated rings. The highest BCUT2D eigenvalue weighted by Gasteiger charge is 2.09. The summed E-state index contributed by atoms with van der Waals surface area (Å²) < 4.78 is 0. The molecule has 84 valence electrons. The number of hydrogen-bond donors (Lipinski definition) is 1. The van der Waals surface area contributed by atoms with Crippen LogP contribution >= 0.6 is 11.6 Å². The van der Waals surface area contributed by atoms with Crippen molar-refractivity contribution in [3.8, 4) is 0 Å². The van der Waals surface area contributed by atoms with Crippen molar-refractivity contribution in [1.29, 1.82) is 0 Å². The fourth-order valence-electron chi connectivity index (χ4n) is 1.80. The summed E-state index contributed by atoms with van der Waals surface area (Å²) in [6.07, 6.45) is 0. The van der Waals surface area contributed by atoms with Crippen LogP contribution in [0, 0.1) is 0 Å². The number of fused-ring (bicyclic) bond motifs is 1. The summed E-state index contributed by atoms with van der Waals surface area (Å²) in [6, 6.07) is 7.92. The quantitative estimate of drug-likeness (QED) is 0.848. The van der Waals surface area contributed by atoms with Crippen LogP contribution in [0.5, 0.6) is 0 Å². The van der Waals surface area contributed by atoms with E-state index in [9.17, 15) is 0 Å². The lowest BCUT2D eigenvalue weighted by Crippen LogP contribution is -2.00. The Labute approximate surface area is 101 Å². The van der Waals surface area contributed by atoms with Gasteiger partial charge in [0.2, 0.25) is 0 Å². The number of benzene rings is 1. The number of nitrogens with one attached hydrogen (secondary N) is 1. The van der Waals surface area contributed by atoms with Crippen LogP contribution in [0.1, 0.15) is 25.3 Å². The number of nitrogens with zero attached hydrogens (tertiary/aromatic N) is 1. The largest absolute Gasteiger partial charge is 0.373 e. The number of anilines is 1. The van der Waals surface area contributed by atoms with Gasteiger partial charge in [0.1, 0.15) is 5.82 Å². The van der Waals surface area contributed by atoms with Crippen LogP contribution in [0.3, 0.4) is 0 Å². The van der Waals surface area contributed by atoms with Gasteiger partial charge in [0.15, 0.2) is 0 Å². The smallest absolute Gasteiger partial charge is 0.129 e. The molecule has 2 rings (SSSR count). The van der Waals surface area contributed by atoms with Crippen LogP contribution in [0.15, 0.2) is 24.3 Å². The van der Waals surface area contributed by atoms with E-state index < -0.39 is 0 Å². The minimum atomic E-state index is 0.443. The topological polar surface area (TPSA) is 24.9 Å². The van der Waals surface area contributed by atoms with Crippen LogP contribution in [-0.4, -0.2) is 12.0 Å². The molecule has 2 nitrogen and oxygen atoms in total. The van der Waals surface area contributed by atoms with E-state index in [0.717, 1.165) is 21.7 Å². The molecule has 3 heteroatoms. The van der Waals surface area contributed by atoms with Crippen molar-refractivity contribution in [1.82, 2.24) is 4.98 Å². The van der Waals surface area contributed by atoms with E-state index in [-0.39, 0.29) is 0 Å². The molecular weight excluding hydrogens is 220 g/mol. The number of aromatic nitrogens is 1. The van der Waals surface area contributed by atoms with Crippen LogP contribution < -0.4 is 5.32 Å². The minimum Gasteiger partial charge on any atom is -0.373 e. The summed E-state index contributed by atoms with van der Waals surface area (Å²) in [5, 5.41) is 4.98. The molecule has 0 saturated heterocycles. The van der Waals surface area contributed by atoms with Crippen LogP contribution in [0.2, 0.25) is 5.02 Å². The molecule has 0 bridgehead atoms. The monoisotopic (exact) mass is 234 g/mol. The van der Waals surface area contributed by atoms with Crippen molar-refractivity contribution in [3.63, 3.8) is 0 Å². The van der Waals surface area contributed by atoms with E-state index in [1.54, 1.807) is 0 Å². The van der Waals surface area contributed by atoms with Crippen LogP contribution in [0.25, 0.3) is 10.9 Å². The second-order valence-corrected chi connectivity index (χ2v) is 4.60. The Morgan fingerprint density at radius 3 is 2.62 bits per heavy atom. The highest BCUT2D eigenvalue weighted by molar-refractivity contribution is 6.31. The molecule has 1 aromatic carbocycles. The first-order chi connectivity index (χ1) is 7.61. The Hall–Kier alpha value is -1.28. The summed E-state index contributed by atoms with van der Waals surface area (Å²) in [4.78, 5) is 4.59. The van der Waals surface area contributed by atoms with Gasteiger partial charge in [0.05, 0.1) is 5.52 Å². The molecule has 0 spiro atoms. The third kappa shape index (κ3) is 1.98. The molecule has 1 N–H and O–H groups in total. The maximum atomic E-state index is 5.98. The Bertz CT molecular complexity index is 521. The molecule has 0 atom stereocenters. The number of halogens is 1. The van der Waals surface area contributed by atoms with Gasteiger partial charge in [-0.25, -0.2) is 4.98 Å². The maximum Gasteiger partial charge on any atom is 0.129 e. The van der Waals surface area contributed by atoms with Gasteiger partial charge in [0, 0.05) is 17.5 Å². The van der Waals surface area contributed by atoms with Crippen LogP contribution in [0.4, 0.5) is 5.82 Å². The van der Waals surface area contributed by atoms with Gasteiger partial charge >= 0.3 is 0 Å². The van der Waals surface area contributed by atoms with Crippen molar-refractivity contribution in [3.05, 3.63) is 34.9 Å². The molecule has 0 aliphatic heterocycles. The van der Waals surface area contributed by atoms with Gasteiger partial charge in [-0.15, -0.1) is 0 Å². The van der Waals surface area contributed by atoms with E-state index in [1.165, 1.54) is 5.56 Å². The first kappa shape index (κ1) is 11.2. The second kappa shape index (κ2) is 4.30. The Morgan fingerprint density at radius 1 is 1.25 bits per heavy atom. The summed E-state index contributed by atoms with van der Waals surface area (Å²) in [5.41, 5.74) is 2.19. The van der Waals surface area contributed by atoms with E-state index in [0.29, 0.717) is 5.92 Å². The normalized spacial score (nSPS) is 11.1. The van der Waals surface area contributed by atoms with Crippen molar-refractivity contribution in [2.75, 3.05) is 12.4 Å². The fourth-order valence-corrected chi connectivity index (χ4v) is 1.98. The molecule has 0 amide bonds. The van der Waals surface area contributed by atoms with Crippen molar-refractivity contribution in [2.45, 2.75) is 19.8 Å². The zero-order valence-corrected chi connectivity index (χ0v) is 10.5. The molecule has 1 heterocycles. The molecule has 16 heavy (non-hydrogen) atoms. The molecule has 2 aromatic rings. The number of rotatable bonds is 2. The molecular formula is C13H15ClN2. The van der Waals surface area contributed by atoms with Gasteiger partial charge in [-0.3, -0.25) is 0 Å². The second-order valence-electron chi connectivity index (χ2n) is 4.17. The van der Waals surface area contributed by atoms with Gasteiger partial charge in [-0.1, -0.05) is 25.4 Å². The fraction of sp³-hybridized carbons (Fsp3) is 0.308. The Morgan fingerprint density at radius 2 is 2.00 bits per heavy atom. The summed E-state index contributed by atoms with van der Waals surface area (Å²) in [6.45, 7) is 4.32. The molecule has 0 aliphatic carbocycles. The average molecular weight is 235 g/mol. The first-order valence-corrected chi connectivity index (χ1v) is 5.77. The first-order valence-electron chi connectivity index (χ1n) is 5.39. The third-order valence-corrected chi connectivity index (χ3v) is 2.90. The molecule has 0 radical (unpaired) electrons. The van der Waals surface area contributed by atoms with Crippen LogP contribution in [-0.2, 0) is 0 Å². The predicted octanol–water partition coefficient (Wildman–Crippen LogP) is 4.05. The molecule has 0 aliphatic rings. The van der Waals surface area contributed by atoms with Crippen molar-refractivity contribution >= 4 is 28.3 Å². The lowest BCUT2D eigenvalue weighted by Gasteiger charge is -2.12. The number of hydrogen-bond acceptors (Lipinski definition) is 2. The molecule has 0 unspecified atom stereocenters. The van der Waals surface area contributed by atoms with Gasteiger partial charge in [0.25, 0.3) is 0 Å². The zero-order chi connectivity index (χ0) is 11.7. The summed E-state index contributed by atoms with van der Waals surface area (Å²) >= 11 is 5.98. The Balaban J connectivity index is 2.70. The van der Waals surface area contributed by atoms with Gasteiger partial charge in [-0.2, -0.15) is 0 Å². The average Bonchev–Trinajstić information content (AvgIpc) is 2.27. The van der Waals surface area contributed by atoms with E-state index >= 15 is 0 Å². The van der Waals surface area contributed by atoms with Crippen molar-refractivity contribution in [2.24, 2.45) is 0 Å². The highest BCUT2D eigenvalue weighted by atomic mass is 35.5. The molecule has 0 saturated carbocycles. The highest BCUT2D eigenvalue weighted by Crippen LogP contribution is 2.27. The van der Waals surface area contributed by atoms with E-state index in [4.69, 9.17) is 11.6 Å². The lowest BCUT2D eigenvalue weighted by atomic mass is 10.0. The number of pyridine rings is 1. The summed E-state index contributed by atoms with van der Waals surface area (Å²) in [7, 11) is 1.90. The van der Waals surface area contributed by atoms with Gasteiger partial charge < -0.3 is 5.32 Å². The SMILES string of the molecule is CNc1nc2ccc(Cl)cc2cc1C(C)C. The zero-order valence-electron chi connectivity index (χ0n) is 9.71. The Kier molecular flexibility index (Phi) is 3.01. The van der Waals surface area contributed by atoms with Gasteiger partial charge in [-0.05, 0) is 35.7 Å². The third-order valence-electron chi connectivity index (χ3n) is 2.67. The van der Waals surface area contributed by atoms with E-state index in [2.05, 4.69) is 30.2 Å². The van der Waals surface area contributed by atoms with Crippen molar-refractivity contribution < 1.29 is 0 Å². The summed E-state index contributed by atoms with van der Waals surface area (Å²) in [5.74, 6) is 1.39. The maximum absolute atomic E-state index is 5.98. The minimum absolute atomic E-state index is 0.443. The standard InChI is InChI=1S/C13H15ClN2/c1-8(2)11-7-9-6-10(14)4-5-12(9)16-13(11)15-3/h4-8H,1-3H3,(H,15,16). The molecule has 1 aromatic heterocycles. The van der Waals surface area contributed by atoms with E-state index in [1.807, 2.05) is 25.2 Å². The predicted molar refractivity (Wildman–Crippen MR) is 70.4 cm³/mol.